The SMILES string of the molecule is CCCCc1cccc2c(OCC(=O)Oc3cccc4ccccc34)c3ccccc3c(OCC(=O)Oc3cccc4ccccc34)c12. The van der Waals surface area contributed by atoms with Crippen LogP contribution in [0.15, 0.2) is 127 Å². The van der Waals surface area contributed by atoms with Gasteiger partial charge in [-0.15, -0.1) is 0 Å². The van der Waals surface area contributed by atoms with Crippen LogP contribution in [-0.2, 0) is 16.0 Å². The summed E-state index contributed by atoms with van der Waals surface area (Å²) in [5.41, 5.74) is 1.07. The fourth-order valence-corrected chi connectivity index (χ4v) is 6.23. The Morgan fingerprint density at radius 1 is 0.500 bits per heavy atom. The predicted octanol–water partition coefficient (Wildman–Crippen LogP) is 9.61. The lowest BCUT2D eigenvalue weighted by molar-refractivity contribution is -0.137. The molecule has 0 N–H and O–H groups in total. The van der Waals surface area contributed by atoms with E-state index >= 15 is 0 Å². The quantitative estimate of drug-likeness (QED) is 0.0802. The van der Waals surface area contributed by atoms with Crippen LogP contribution in [0.3, 0.4) is 0 Å². The molecule has 0 radical (unpaired) electrons. The van der Waals surface area contributed by atoms with Crippen molar-refractivity contribution in [2.45, 2.75) is 26.2 Å². The molecular weight excluding hydrogens is 600 g/mol. The van der Waals surface area contributed by atoms with Gasteiger partial charge in [-0.2, -0.15) is 0 Å². The van der Waals surface area contributed by atoms with E-state index in [9.17, 15) is 9.59 Å². The molecule has 0 saturated heterocycles. The Balaban J connectivity index is 1.21. The van der Waals surface area contributed by atoms with E-state index in [1.807, 2.05) is 109 Å². The summed E-state index contributed by atoms with van der Waals surface area (Å²) in [6.07, 6.45) is 2.80. The van der Waals surface area contributed by atoms with Crippen LogP contribution in [0.4, 0.5) is 0 Å². The van der Waals surface area contributed by atoms with Gasteiger partial charge in [0.25, 0.3) is 0 Å². The molecule has 0 aliphatic rings. The van der Waals surface area contributed by atoms with Gasteiger partial charge in [0.15, 0.2) is 13.2 Å². The van der Waals surface area contributed by atoms with Crippen molar-refractivity contribution >= 4 is 55.0 Å². The van der Waals surface area contributed by atoms with Gasteiger partial charge in [-0.1, -0.05) is 129 Å². The van der Waals surface area contributed by atoms with Gasteiger partial charge in [-0.3, -0.25) is 0 Å². The first kappa shape index (κ1) is 30.8. The minimum Gasteiger partial charge on any atom is -0.481 e. The van der Waals surface area contributed by atoms with Gasteiger partial charge in [0.1, 0.15) is 23.0 Å². The van der Waals surface area contributed by atoms with Crippen LogP contribution in [0.25, 0.3) is 43.1 Å². The molecule has 6 heteroatoms. The number of aryl methyl sites for hydroxylation is 1. The van der Waals surface area contributed by atoms with E-state index < -0.39 is 11.9 Å². The summed E-state index contributed by atoms with van der Waals surface area (Å²) in [5, 5.41) is 6.83. The molecule has 0 heterocycles. The zero-order valence-electron chi connectivity index (χ0n) is 26.6. The smallest absolute Gasteiger partial charge is 0.349 e. The second-order valence-corrected chi connectivity index (χ2v) is 11.6. The molecule has 0 aliphatic heterocycles. The third-order valence-corrected chi connectivity index (χ3v) is 8.45. The average molecular weight is 635 g/mol. The van der Waals surface area contributed by atoms with Crippen molar-refractivity contribution in [1.82, 2.24) is 0 Å². The van der Waals surface area contributed by atoms with Crippen LogP contribution in [0.1, 0.15) is 25.3 Å². The van der Waals surface area contributed by atoms with E-state index in [1.54, 1.807) is 12.1 Å². The highest BCUT2D eigenvalue weighted by molar-refractivity contribution is 6.12. The molecule has 7 rings (SSSR count). The van der Waals surface area contributed by atoms with E-state index in [0.717, 1.165) is 67.9 Å². The monoisotopic (exact) mass is 634 g/mol. The number of benzene rings is 7. The molecule has 238 valence electrons. The summed E-state index contributed by atoms with van der Waals surface area (Å²) in [5.74, 6) is 1.08. The fraction of sp³-hybridized carbons (Fsp3) is 0.143. The summed E-state index contributed by atoms with van der Waals surface area (Å²) >= 11 is 0. The maximum absolute atomic E-state index is 13.2. The maximum atomic E-state index is 13.2. The Hall–Kier alpha value is -5.88. The molecule has 0 fully saturated rings. The molecule has 0 aromatic heterocycles. The molecule has 7 aromatic carbocycles. The molecule has 0 amide bonds. The lowest BCUT2D eigenvalue weighted by Gasteiger charge is -2.19. The van der Waals surface area contributed by atoms with Crippen molar-refractivity contribution in [3.05, 3.63) is 133 Å². The zero-order chi connectivity index (χ0) is 32.9. The van der Waals surface area contributed by atoms with Gasteiger partial charge < -0.3 is 18.9 Å². The summed E-state index contributed by atoms with van der Waals surface area (Å²) < 4.78 is 24.3. The van der Waals surface area contributed by atoms with Gasteiger partial charge >= 0.3 is 11.9 Å². The zero-order valence-corrected chi connectivity index (χ0v) is 26.6. The fourth-order valence-electron chi connectivity index (χ4n) is 6.23. The highest BCUT2D eigenvalue weighted by atomic mass is 16.6. The molecule has 7 aromatic rings. The van der Waals surface area contributed by atoms with Gasteiger partial charge in [0.2, 0.25) is 0 Å². The Morgan fingerprint density at radius 2 is 0.958 bits per heavy atom. The van der Waals surface area contributed by atoms with Gasteiger partial charge in [-0.05, 0) is 41.3 Å². The van der Waals surface area contributed by atoms with Crippen molar-refractivity contribution in [3.63, 3.8) is 0 Å². The van der Waals surface area contributed by atoms with E-state index in [-0.39, 0.29) is 13.2 Å². The molecular formula is C42H34O6. The lowest BCUT2D eigenvalue weighted by Crippen LogP contribution is -2.19. The summed E-state index contributed by atoms with van der Waals surface area (Å²) in [6, 6.07) is 40.5. The summed E-state index contributed by atoms with van der Waals surface area (Å²) in [4.78, 5) is 26.4. The molecule has 0 saturated carbocycles. The number of carbonyl (C=O) groups excluding carboxylic acids is 2. The number of hydrogen-bond acceptors (Lipinski definition) is 6. The van der Waals surface area contributed by atoms with Gasteiger partial charge in [0.05, 0.1) is 0 Å². The van der Waals surface area contributed by atoms with E-state index in [1.165, 1.54) is 0 Å². The van der Waals surface area contributed by atoms with Crippen molar-refractivity contribution in [1.29, 1.82) is 0 Å². The van der Waals surface area contributed by atoms with Gasteiger partial charge in [-0.25, -0.2) is 9.59 Å². The third-order valence-electron chi connectivity index (χ3n) is 8.45. The Bertz CT molecular complexity index is 2280. The Kier molecular flexibility index (Phi) is 8.88. The molecule has 6 nitrogen and oxygen atoms in total. The van der Waals surface area contributed by atoms with Crippen molar-refractivity contribution in [2.75, 3.05) is 13.2 Å². The number of rotatable bonds is 11. The predicted molar refractivity (Wildman–Crippen MR) is 190 cm³/mol. The van der Waals surface area contributed by atoms with Crippen LogP contribution in [0.5, 0.6) is 23.0 Å². The molecule has 0 unspecified atom stereocenters. The van der Waals surface area contributed by atoms with E-state index in [0.29, 0.717) is 23.0 Å². The third kappa shape index (κ3) is 6.25. The summed E-state index contributed by atoms with van der Waals surface area (Å²) in [7, 11) is 0. The lowest BCUT2D eigenvalue weighted by atomic mass is 9.94. The Labute approximate surface area is 278 Å². The number of unbranched alkanes of at least 4 members (excludes halogenated alkanes) is 1. The topological polar surface area (TPSA) is 71.1 Å². The van der Waals surface area contributed by atoms with Crippen molar-refractivity contribution in [3.8, 4) is 23.0 Å². The van der Waals surface area contributed by atoms with Crippen molar-refractivity contribution < 1.29 is 28.5 Å². The minimum absolute atomic E-state index is 0.290. The van der Waals surface area contributed by atoms with Crippen molar-refractivity contribution in [2.24, 2.45) is 0 Å². The summed E-state index contributed by atoms with van der Waals surface area (Å²) in [6.45, 7) is 1.57. The molecule has 0 aliphatic carbocycles. The average Bonchev–Trinajstić information content (AvgIpc) is 3.12. The van der Waals surface area contributed by atoms with Crippen LogP contribution in [0.2, 0.25) is 0 Å². The standard InChI is InChI=1S/C42H34O6/c1-2-3-13-30-18-10-23-35-40(30)42(46-27-39(44)48-37-25-12-17-29-15-5-7-20-32(29)37)34-22-9-8-21-33(34)41(35)45-26-38(43)47-36-24-11-16-28-14-4-6-19-31(28)36/h4-12,14-25H,2-3,13,26-27H2,1H3. The molecule has 0 spiro atoms. The molecule has 0 bridgehead atoms. The number of hydrogen-bond donors (Lipinski definition) is 0. The second kappa shape index (κ2) is 13.9. The first-order valence-corrected chi connectivity index (χ1v) is 16.2. The first-order chi connectivity index (χ1) is 23.6. The minimum atomic E-state index is -0.512. The van der Waals surface area contributed by atoms with Crippen LogP contribution >= 0.6 is 0 Å². The van der Waals surface area contributed by atoms with Gasteiger partial charge in [0, 0.05) is 32.3 Å². The normalized spacial score (nSPS) is 11.2. The Morgan fingerprint density at radius 3 is 1.54 bits per heavy atom. The maximum Gasteiger partial charge on any atom is 0.349 e. The van der Waals surface area contributed by atoms with E-state index in [4.69, 9.17) is 18.9 Å². The van der Waals surface area contributed by atoms with Crippen LogP contribution < -0.4 is 18.9 Å². The molecule has 0 atom stereocenters. The highest BCUT2D eigenvalue weighted by Gasteiger charge is 2.21. The molecule has 48 heavy (non-hydrogen) atoms. The van der Waals surface area contributed by atoms with Crippen LogP contribution in [-0.4, -0.2) is 25.2 Å². The van der Waals surface area contributed by atoms with E-state index in [2.05, 4.69) is 13.0 Å². The largest absolute Gasteiger partial charge is 0.481 e. The number of esters is 2. The van der Waals surface area contributed by atoms with Crippen LogP contribution in [0, 0.1) is 0 Å². The highest BCUT2D eigenvalue weighted by Crippen LogP contribution is 2.44. The number of ether oxygens (including phenoxy) is 4. The first-order valence-electron chi connectivity index (χ1n) is 16.2. The number of carbonyl (C=O) groups is 2. The second-order valence-electron chi connectivity index (χ2n) is 11.6. The number of fused-ring (bicyclic) bond motifs is 4.